The average molecular weight is 293 g/mol. The Bertz CT molecular complexity index is 685. The third kappa shape index (κ3) is 2.37. The molecule has 3 heteroatoms. The number of hydrogen-bond donors (Lipinski definition) is 1. The summed E-state index contributed by atoms with van der Waals surface area (Å²) in [6.45, 7) is 0. The zero-order valence-electron chi connectivity index (χ0n) is 12.4. The standard InChI is InChI=1S/C19H19NO2/c21-19(18-12-14-7-2-4-11-17(14)22-18)20-16-10-5-8-13-6-1-3-9-15(13)16/h1-4,6-7,9,11,16,18H,5,8,10,12H2,(H,20,21)/t16-,18-/m0/s1. The van der Waals surface area contributed by atoms with Gasteiger partial charge in [-0.15, -0.1) is 0 Å². The monoisotopic (exact) mass is 293 g/mol. The zero-order valence-corrected chi connectivity index (χ0v) is 12.4. The fraction of sp³-hybridized carbons (Fsp3) is 0.316. The lowest BCUT2D eigenvalue weighted by atomic mass is 9.87. The van der Waals surface area contributed by atoms with Gasteiger partial charge in [-0.25, -0.2) is 0 Å². The third-order valence-electron chi connectivity index (χ3n) is 4.63. The van der Waals surface area contributed by atoms with Gasteiger partial charge in [0, 0.05) is 6.42 Å². The Balaban J connectivity index is 1.48. The molecule has 3 nitrogen and oxygen atoms in total. The van der Waals surface area contributed by atoms with Gasteiger partial charge in [0.25, 0.3) is 5.91 Å². The third-order valence-corrected chi connectivity index (χ3v) is 4.63. The number of hydrogen-bond acceptors (Lipinski definition) is 2. The van der Waals surface area contributed by atoms with Crippen molar-refractivity contribution in [2.24, 2.45) is 0 Å². The number of aryl methyl sites for hydroxylation is 1. The van der Waals surface area contributed by atoms with E-state index in [0.717, 1.165) is 30.6 Å². The second-order valence-electron chi connectivity index (χ2n) is 6.07. The summed E-state index contributed by atoms with van der Waals surface area (Å²) in [6, 6.07) is 16.4. The summed E-state index contributed by atoms with van der Waals surface area (Å²) in [6.07, 6.45) is 3.49. The average Bonchev–Trinajstić information content (AvgIpc) is 2.99. The van der Waals surface area contributed by atoms with Crippen LogP contribution in [-0.4, -0.2) is 12.0 Å². The summed E-state index contributed by atoms with van der Waals surface area (Å²) in [4.78, 5) is 12.6. The summed E-state index contributed by atoms with van der Waals surface area (Å²) < 4.78 is 5.79. The van der Waals surface area contributed by atoms with E-state index in [0.29, 0.717) is 6.42 Å². The van der Waals surface area contributed by atoms with E-state index in [2.05, 4.69) is 23.5 Å². The molecule has 2 aromatic carbocycles. The van der Waals surface area contributed by atoms with Crippen molar-refractivity contribution >= 4 is 5.91 Å². The van der Waals surface area contributed by atoms with Crippen LogP contribution < -0.4 is 10.1 Å². The molecule has 1 aliphatic heterocycles. The largest absolute Gasteiger partial charge is 0.480 e. The lowest BCUT2D eigenvalue weighted by molar-refractivity contribution is -0.128. The number of para-hydroxylation sites is 1. The highest BCUT2D eigenvalue weighted by Crippen LogP contribution is 2.31. The fourth-order valence-electron chi connectivity index (χ4n) is 3.50. The first-order chi connectivity index (χ1) is 10.8. The second kappa shape index (κ2) is 5.48. The van der Waals surface area contributed by atoms with E-state index in [1.807, 2.05) is 30.3 Å². The number of fused-ring (bicyclic) bond motifs is 2. The first kappa shape index (κ1) is 13.4. The predicted molar refractivity (Wildman–Crippen MR) is 84.8 cm³/mol. The Morgan fingerprint density at radius 3 is 2.68 bits per heavy atom. The van der Waals surface area contributed by atoms with Gasteiger partial charge in [-0.1, -0.05) is 42.5 Å². The Morgan fingerprint density at radius 1 is 1.05 bits per heavy atom. The van der Waals surface area contributed by atoms with Crippen LogP contribution in [0.1, 0.15) is 35.6 Å². The quantitative estimate of drug-likeness (QED) is 0.923. The van der Waals surface area contributed by atoms with Crippen LogP contribution in [0.15, 0.2) is 48.5 Å². The molecule has 0 bridgehead atoms. The predicted octanol–water partition coefficient (Wildman–Crippen LogP) is 3.18. The number of carbonyl (C=O) groups excluding carboxylic acids is 1. The molecule has 1 amide bonds. The number of ether oxygens (including phenoxy) is 1. The molecular formula is C19H19NO2. The fourth-order valence-corrected chi connectivity index (χ4v) is 3.50. The van der Waals surface area contributed by atoms with Crippen LogP contribution >= 0.6 is 0 Å². The zero-order chi connectivity index (χ0) is 14.9. The molecule has 0 radical (unpaired) electrons. The molecule has 0 fully saturated rings. The molecule has 1 N–H and O–H groups in total. The summed E-state index contributed by atoms with van der Waals surface area (Å²) in [7, 11) is 0. The molecule has 2 aromatic rings. The number of amides is 1. The van der Waals surface area contributed by atoms with Gasteiger partial charge in [0.05, 0.1) is 6.04 Å². The van der Waals surface area contributed by atoms with Crippen LogP contribution in [0.25, 0.3) is 0 Å². The van der Waals surface area contributed by atoms with Crippen LogP contribution in [0.3, 0.4) is 0 Å². The number of carbonyl (C=O) groups is 1. The summed E-state index contributed by atoms with van der Waals surface area (Å²) in [5.41, 5.74) is 3.74. The molecule has 0 saturated carbocycles. The van der Waals surface area contributed by atoms with Crippen molar-refractivity contribution in [1.82, 2.24) is 5.32 Å². The van der Waals surface area contributed by atoms with Gasteiger partial charge in [-0.2, -0.15) is 0 Å². The van der Waals surface area contributed by atoms with Gasteiger partial charge in [-0.05, 0) is 42.0 Å². The highest BCUT2D eigenvalue weighted by atomic mass is 16.5. The number of benzene rings is 2. The van der Waals surface area contributed by atoms with Crippen LogP contribution in [0, 0.1) is 0 Å². The Morgan fingerprint density at radius 2 is 1.82 bits per heavy atom. The minimum absolute atomic E-state index is 0.00194. The van der Waals surface area contributed by atoms with Crippen molar-refractivity contribution in [1.29, 1.82) is 0 Å². The topological polar surface area (TPSA) is 38.3 Å². The van der Waals surface area contributed by atoms with Gasteiger partial charge in [0.1, 0.15) is 5.75 Å². The summed E-state index contributed by atoms with van der Waals surface area (Å²) >= 11 is 0. The van der Waals surface area contributed by atoms with E-state index in [4.69, 9.17) is 4.74 Å². The van der Waals surface area contributed by atoms with E-state index < -0.39 is 6.10 Å². The molecule has 2 atom stereocenters. The minimum atomic E-state index is -0.397. The molecule has 112 valence electrons. The van der Waals surface area contributed by atoms with E-state index >= 15 is 0 Å². The number of nitrogens with one attached hydrogen (secondary N) is 1. The molecule has 0 saturated heterocycles. The van der Waals surface area contributed by atoms with Crippen molar-refractivity contribution < 1.29 is 9.53 Å². The van der Waals surface area contributed by atoms with Crippen LogP contribution in [0.4, 0.5) is 0 Å². The molecule has 22 heavy (non-hydrogen) atoms. The summed E-state index contributed by atoms with van der Waals surface area (Å²) in [5, 5.41) is 3.19. The van der Waals surface area contributed by atoms with Gasteiger partial charge in [-0.3, -0.25) is 4.79 Å². The van der Waals surface area contributed by atoms with Crippen molar-refractivity contribution in [2.75, 3.05) is 0 Å². The lowest BCUT2D eigenvalue weighted by Gasteiger charge is -2.27. The van der Waals surface area contributed by atoms with Gasteiger partial charge in [0.15, 0.2) is 6.10 Å². The van der Waals surface area contributed by atoms with E-state index in [-0.39, 0.29) is 11.9 Å². The van der Waals surface area contributed by atoms with Crippen LogP contribution in [0.5, 0.6) is 5.75 Å². The highest BCUT2D eigenvalue weighted by Gasteiger charge is 2.31. The maximum absolute atomic E-state index is 12.6. The molecule has 4 rings (SSSR count). The SMILES string of the molecule is O=C(N[C@H]1CCCc2ccccc21)[C@@H]1Cc2ccccc2O1. The molecule has 0 spiro atoms. The van der Waals surface area contributed by atoms with E-state index in [9.17, 15) is 4.79 Å². The Kier molecular flexibility index (Phi) is 3.34. The Labute approximate surface area is 130 Å². The van der Waals surface area contributed by atoms with Crippen molar-refractivity contribution in [3.05, 3.63) is 65.2 Å². The maximum atomic E-state index is 12.6. The molecule has 2 aliphatic rings. The highest BCUT2D eigenvalue weighted by molar-refractivity contribution is 5.83. The second-order valence-corrected chi connectivity index (χ2v) is 6.07. The molecule has 0 unspecified atom stereocenters. The first-order valence-electron chi connectivity index (χ1n) is 7.94. The van der Waals surface area contributed by atoms with Crippen LogP contribution in [-0.2, 0) is 17.6 Å². The smallest absolute Gasteiger partial charge is 0.261 e. The summed E-state index contributed by atoms with van der Waals surface area (Å²) in [5.74, 6) is 0.838. The maximum Gasteiger partial charge on any atom is 0.261 e. The lowest BCUT2D eigenvalue weighted by Crippen LogP contribution is -2.40. The molecule has 0 aromatic heterocycles. The molecule has 1 aliphatic carbocycles. The normalized spacial score (nSPS) is 22.4. The van der Waals surface area contributed by atoms with E-state index in [1.165, 1.54) is 11.1 Å². The van der Waals surface area contributed by atoms with Gasteiger partial charge >= 0.3 is 0 Å². The van der Waals surface area contributed by atoms with Crippen LogP contribution in [0.2, 0.25) is 0 Å². The van der Waals surface area contributed by atoms with Crippen molar-refractivity contribution in [3.8, 4) is 5.75 Å². The first-order valence-corrected chi connectivity index (χ1v) is 7.94. The Hall–Kier alpha value is -2.29. The minimum Gasteiger partial charge on any atom is -0.480 e. The molecule has 1 heterocycles. The van der Waals surface area contributed by atoms with Crippen molar-refractivity contribution in [3.63, 3.8) is 0 Å². The van der Waals surface area contributed by atoms with Gasteiger partial charge < -0.3 is 10.1 Å². The van der Waals surface area contributed by atoms with Gasteiger partial charge in [0.2, 0.25) is 0 Å². The number of rotatable bonds is 2. The molecular weight excluding hydrogens is 274 g/mol. The van der Waals surface area contributed by atoms with E-state index in [1.54, 1.807) is 0 Å². The van der Waals surface area contributed by atoms with Crippen molar-refractivity contribution in [2.45, 2.75) is 37.8 Å².